The minimum Gasteiger partial charge on any atom is -0.496 e. The molecule has 50 heteroatoms. The molecule has 13 atom stereocenters. The number of nitrogens with one attached hydrogen (secondary N) is 13. The molecule has 2 aromatic carbocycles. The number of ether oxygens (including phenoxy) is 9. The number of hydrazine groups is 2. The summed E-state index contributed by atoms with van der Waals surface area (Å²) in [6, 6.07) is 0.379. The van der Waals surface area contributed by atoms with E-state index in [1.165, 1.54) is 25.8 Å². The molecule has 0 spiro atoms. The van der Waals surface area contributed by atoms with E-state index in [1.54, 1.807) is 99.7 Å². The van der Waals surface area contributed by atoms with Gasteiger partial charge in [0.15, 0.2) is 18.2 Å². The SMILES string of the molecule is CCCOCCOCCN1C=C(CNC(=O)OCc2ccc(NC(=O)[C@H](CCCNC(N)=O)NC(=O)[C@@H](NC(=O)CON=C(CSC)CSC)C(C)C)cc2)NN1.CC[C@H](C)[C@@H]1CC(=O)CNC(=O)[C@H]2CC(=O)[C@H]([C@@H](C)[C@@H](O)CO)NC(=O)[C@@H]3C[C@@H](O)CN3C(=O)[C@H](CC(N)=O)NC(=O)[C@@H](CS(=O)c3[nH]c4c(CSCCOCCOCCOCCOCCOC)c(OC)ccc4c3C2)NC(=O)CNC1=O. The Morgan fingerprint density at radius 3 is 2.02 bits per heavy atom. The molecule has 20 N–H and O–H groups in total. The zero-order valence-corrected chi connectivity index (χ0v) is 84.4. The number of aromatic nitrogens is 1. The summed E-state index contributed by atoms with van der Waals surface area (Å²) in [6.07, 6.45) is 1.29. The molecular weight excluding hydrogens is 1910 g/mol. The van der Waals surface area contributed by atoms with Crippen LogP contribution in [0.15, 0.2) is 58.5 Å². The van der Waals surface area contributed by atoms with Gasteiger partial charge in [0.25, 0.3) is 5.91 Å². The third-order valence-electron chi connectivity index (χ3n) is 22.6. The fourth-order valence-electron chi connectivity index (χ4n) is 14.8. The summed E-state index contributed by atoms with van der Waals surface area (Å²) in [7, 11) is 0.664. The first kappa shape index (κ1) is 119. The average Bonchev–Trinajstić information content (AvgIpc) is 1.61. The third kappa shape index (κ3) is 41.8. The van der Waals surface area contributed by atoms with Gasteiger partial charge in [-0.2, -0.15) is 35.3 Å². The molecule has 0 radical (unpaired) electrons. The molecule has 4 aliphatic heterocycles. The smallest absolute Gasteiger partial charge is 0.407 e. The molecule has 1 aromatic heterocycles. The maximum Gasteiger partial charge on any atom is 0.407 e. The number of H-pyrrole nitrogens is 1. The van der Waals surface area contributed by atoms with Crippen molar-refractivity contribution in [3.05, 3.63) is 65.0 Å². The van der Waals surface area contributed by atoms with Gasteiger partial charge >= 0.3 is 12.1 Å². The summed E-state index contributed by atoms with van der Waals surface area (Å²) in [6.45, 7) is 14.2. The summed E-state index contributed by atoms with van der Waals surface area (Å²) < 4.78 is 64.6. The number of aromatic amines is 1. The van der Waals surface area contributed by atoms with Crippen LogP contribution in [0.4, 0.5) is 15.3 Å². The number of anilines is 1. The van der Waals surface area contributed by atoms with Crippen LogP contribution in [0.25, 0.3) is 10.9 Å². The van der Waals surface area contributed by atoms with Crippen LogP contribution in [0.5, 0.6) is 5.75 Å². The highest BCUT2D eigenvalue weighted by Gasteiger charge is 2.46. The summed E-state index contributed by atoms with van der Waals surface area (Å²) in [5, 5.41) is 64.1. The van der Waals surface area contributed by atoms with E-state index in [9.17, 15) is 82.4 Å². The van der Waals surface area contributed by atoms with Gasteiger partial charge in [0.2, 0.25) is 53.2 Å². The predicted octanol–water partition coefficient (Wildman–Crippen LogP) is -0.857. The van der Waals surface area contributed by atoms with Gasteiger partial charge in [0, 0.05) is 110 Å². The third-order valence-corrected chi connectivity index (χ3v) is 26.2. The largest absolute Gasteiger partial charge is 0.496 e. The Labute approximate surface area is 830 Å². The van der Waals surface area contributed by atoms with Gasteiger partial charge in [-0.15, -0.1) is 5.53 Å². The number of hydrogen-bond donors (Lipinski definition) is 18. The molecule has 1 fully saturated rings. The van der Waals surface area contributed by atoms with Crippen molar-refractivity contribution in [2.75, 3.05) is 193 Å². The number of nitrogens with zero attached hydrogens (tertiary/aromatic N) is 3. The lowest BCUT2D eigenvalue weighted by Gasteiger charge is -2.32. The van der Waals surface area contributed by atoms with E-state index in [-0.39, 0.29) is 61.4 Å². The first-order valence-corrected chi connectivity index (χ1v) is 51.7. The fourth-order valence-corrected chi connectivity index (χ4v) is 18.2. The van der Waals surface area contributed by atoms with Crippen molar-refractivity contribution in [1.29, 1.82) is 0 Å². The summed E-state index contributed by atoms with van der Waals surface area (Å²) in [5.41, 5.74) is 20.5. The van der Waals surface area contributed by atoms with E-state index < -0.39 is 223 Å². The first-order chi connectivity index (χ1) is 67.2. The zero-order valence-electron chi connectivity index (χ0n) is 81.2. The quantitative estimate of drug-likeness (QED) is 0.0186. The highest BCUT2D eigenvalue weighted by molar-refractivity contribution is 8.00. The van der Waals surface area contributed by atoms with Gasteiger partial charge < -0.3 is 143 Å². The number of oxime groups is 1. The Bertz CT molecular complexity index is 4570. The number of alkyl carbamates (subject to hydrolysis) is 1. The molecule has 1 saturated heterocycles. The van der Waals surface area contributed by atoms with Crippen LogP contribution in [-0.2, 0) is 130 Å². The van der Waals surface area contributed by atoms with Crippen molar-refractivity contribution < 1.29 is 134 Å². The normalized spacial score (nSPS) is 20.1. The number of carbonyl (C=O) groups is 14. The number of hydrogen-bond acceptors (Lipinski definition) is 35. The van der Waals surface area contributed by atoms with Crippen LogP contribution < -0.4 is 80.3 Å². The van der Waals surface area contributed by atoms with Crippen molar-refractivity contribution >= 4 is 151 Å². The summed E-state index contributed by atoms with van der Waals surface area (Å²) >= 11 is 4.65. The molecule has 13 amide bonds. The van der Waals surface area contributed by atoms with Crippen LogP contribution in [0.3, 0.4) is 0 Å². The number of methoxy groups -OCH3 is 2. The van der Waals surface area contributed by atoms with Crippen molar-refractivity contribution in [2.45, 2.75) is 165 Å². The number of aliphatic hydroxyl groups excluding tert-OH is 3. The monoisotopic (exact) mass is 2050 g/mol. The Balaban J connectivity index is 0.000000461. The molecule has 5 heterocycles. The Morgan fingerprint density at radius 2 is 1.39 bits per heavy atom. The van der Waals surface area contributed by atoms with Gasteiger partial charge in [-0.25, -0.2) is 9.59 Å². The van der Waals surface area contributed by atoms with Crippen molar-refractivity contribution in [2.24, 2.45) is 46.2 Å². The number of ketones is 2. The second-order valence-corrected chi connectivity index (χ2v) is 38.0. The van der Waals surface area contributed by atoms with Crippen molar-refractivity contribution in [3.8, 4) is 5.75 Å². The molecule has 784 valence electrons. The van der Waals surface area contributed by atoms with Crippen molar-refractivity contribution in [3.63, 3.8) is 0 Å². The summed E-state index contributed by atoms with van der Waals surface area (Å²) in [4.78, 5) is 200. The molecule has 140 heavy (non-hydrogen) atoms. The molecule has 0 aliphatic carbocycles. The first-order valence-electron chi connectivity index (χ1n) is 46.4. The lowest BCUT2D eigenvalue weighted by atomic mass is 9.85. The number of primary amides is 2. The molecule has 1 unspecified atom stereocenters. The number of fused-ring (bicyclic) bond motifs is 5. The number of thioether (sulfide) groups is 3. The Hall–Kier alpha value is -10.1. The predicted molar refractivity (Wildman–Crippen MR) is 523 cm³/mol. The Kier molecular flexibility index (Phi) is 55.2. The minimum absolute atomic E-state index is 0.0156. The Morgan fingerprint density at radius 1 is 0.736 bits per heavy atom. The van der Waals surface area contributed by atoms with Gasteiger partial charge in [-0.3, -0.25) is 66.8 Å². The molecule has 2 bridgehead atoms. The zero-order chi connectivity index (χ0) is 103. The van der Waals surface area contributed by atoms with Crippen LogP contribution >= 0.6 is 35.3 Å². The van der Waals surface area contributed by atoms with E-state index in [4.69, 9.17) is 58.9 Å². The molecule has 46 nitrogen and oxygen atoms in total. The van der Waals surface area contributed by atoms with Gasteiger partial charge in [0.1, 0.15) is 47.6 Å². The number of aliphatic hydroxyl groups is 3. The number of rotatable bonds is 54. The number of benzene rings is 2. The maximum atomic E-state index is 15.3. The molecule has 7 rings (SSSR count). The van der Waals surface area contributed by atoms with E-state index in [1.807, 2.05) is 18.7 Å². The molecular formula is C90H142N18O28S4. The van der Waals surface area contributed by atoms with Crippen LogP contribution in [0.1, 0.15) is 110 Å². The van der Waals surface area contributed by atoms with E-state index in [0.29, 0.717) is 149 Å². The molecule has 3 aromatic rings. The number of carbonyl (C=O) groups excluding carboxylic acids is 14. The second kappa shape index (κ2) is 65.2. The number of urea groups is 1. The van der Waals surface area contributed by atoms with Gasteiger partial charge in [-0.05, 0) is 85.4 Å². The van der Waals surface area contributed by atoms with Gasteiger partial charge in [-0.1, -0.05) is 65.3 Å². The topological polar surface area (TPSA) is 640 Å². The molecule has 0 saturated carbocycles. The second-order valence-electron chi connectivity index (χ2n) is 33.7. The summed E-state index contributed by atoms with van der Waals surface area (Å²) in [5.74, 6) is -12.5. The van der Waals surface area contributed by atoms with Crippen LogP contribution in [0.2, 0.25) is 0 Å². The highest BCUT2D eigenvalue weighted by Crippen LogP contribution is 2.38. The lowest BCUT2D eigenvalue weighted by Crippen LogP contribution is -2.60. The number of Topliss-reactive ketones (excluding diaryl/α,β-unsaturated/α-hetero) is 2. The highest BCUT2D eigenvalue weighted by atomic mass is 32.2. The number of nitrogens with two attached hydrogens (primary N) is 2. The van der Waals surface area contributed by atoms with E-state index >= 15 is 4.21 Å². The fraction of sp³-hybridized carbons (Fsp3) is 0.656. The van der Waals surface area contributed by atoms with E-state index in [0.717, 1.165) is 29.3 Å². The van der Waals surface area contributed by atoms with Crippen LogP contribution in [0, 0.1) is 29.6 Å². The average molecular weight is 2050 g/mol. The lowest BCUT2D eigenvalue weighted by molar-refractivity contribution is -0.144. The van der Waals surface area contributed by atoms with Crippen LogP contribution in [-0.4, -0.2) is 359 Å². The van der Waals surface area contributed by atoms with Crippen molar-refractivity contribution in [1.82, 2.24) is 73.7 Å². The van der Waals surface area contributed by atoms with Gasteiger partial charge in [0.05, 0.1) is 177 Å². The molecule has 4 aliphatic rings. The number of amides is 13. The maximum absolute atomic E-state index is 15.3. The standard InChI is InChI=1S/C54H82N8O19S2.C36H60N10O9S2/c1-6-30(2)36-21-33(64)24-56-49(70)32-19-37-35-7-8-44(77-5)38(28-82-18-17-81-16-15-80-14-13-79-12-11-78-10-9-76-4)48(35)61-53(37)83(75)29-40(58-46(69)25-57-50(36)71)51(72)59-39(23-45(55)68)54(74)62-26-34(65)22-41(62)52(73)60-47(42(66)20-32)31(3)43(67)27-63;1-6-15-52-17-18-53-16-14-46-20-28(43-45-46)19-39-36(51)54-21-26-9-11-27(12-10-26)40-33(48)30(8-7-13-38-35(37)50)41-34(49)32(25(2)3)42-31(47)22-55-44-29(23-56-4)24-57-5/h7-8,30-32,34,36,39-41,43,47,61,63,65,67H,6,9-29H2,1-5H3,(H2,55,68)(H,56,70)(H,57,71)(H,58,69)(H,59,72)(H,60,73);9-12,20,25,30,32,43,45H,6-8,13-19,21-24H2,1-5H3,(H,39,51)(H,40,48)(H,41,49)(H,42,47)(H3,37,38,50)/t30-,31-,32+,34+,36-,39-,40+,41-,43-,47-,83?;30-,32-/m00/s1. The van der Waals surface area contributed by atoms with E-state index in [2.05, 4.69) is 81.2 Å². The minimum atomic E-state index is -2.39.